The van der Waals surface area contributed by atoms with Crippen LogP contribution in [0.15, 0.2) is 42.5 Å². The van der Waals surface area contributed by atoms with E-state index in [9.17, 15) is 4.79 Å². The minimum absolute atomic E-state index is 0.636. The van der Waals surface area contributed by atoms with Gasteiger partial charge in [0.05, 0.1) is 13.7 Å². The van der Waals surface area contributed by atoms with Gasteiger partial charge in [-0.05, 0) is 56.4 Å². The number of carbonyl (C=O) groups is 1. The van der Waals surface area contributed by atoms with Crippen molar-refractivity contribution in [3.05, 3.63) is 48.0 Å². The Bertz CT molecular complexity index is 636. The summed E-state index contributed by atoms with van der Waals surface area (Å²) in [6, 6.07) is 13.2. The molecular formula is C19H23NO3. The summed E-state index contributed by atoms with van der Waals surface area (Å²) in [6.45, 7) is 1.62. The molecule has 0 saturated carbocycles. The number of methoxy groups -OCH3 is 1. The van der Waals surface area contributed by atoms with Crippen LogP contribution in [0, 0.1) is 0 Å². The molecule has 0 heterocycles. The maximum absolute atomic E-state index is 11.1. The van der Waals surface area contributed by atoms with Crippen LogP contribution in [0.2, 0.25) is 0 Å². The second-order valence-electron chi connectivity index (χ2n) is 5.61. The van der Waals surface area contributed by atoms with Crippen molar-refractivity contribution in [1.82, 2.24) is 4.90 Å². The van der Waals surface area contributed by atoms with Crippen LogP contribution in [-0.2, 0) is 0 Å². The normalized spacial score (nSPS) is 10.6. The van der Waals surface area contributed by atoms with Gasteiger partial charge in [-0.15, -0.1) is 0 Å². The first-order valence-corrected chi connectivity index (χ1v) is 7.65. The van der Waals surface area contributed by atoms with E-state index >= 15 is 0 Å². The second kappa shape index (κ2) is 8.34. The Morgan fingerprint density at radius 3 is 2.43 bits per heavy atom. The molecule has 0 radical (unpaired) electrons. The zero-order chi connectivity index (χ0) is 16.7. The summed E-state index contributed by atoms with van der Waals surface area (Å²) in [6.07, 6.45) is 1.80. The minimum Gasteiger partial charge on any atom is -0.497 e. The van der Waals surface area contributed by atoms with Gasteiger partial charge in [0.15, 0.2) is 0 Å². The highest BCUT2D eigenvalue weighted by atomic mass is 16.5. The first-order chi connectivity index (χ1) is 11.1. The quantitative estimate of drug-likeness (QED) is 0.552. The summed E-state index contributed by atoms with van der Waals surface area (Å²) in [5.74, 6) is 1.59. The average Bonchev–Trinajstić information content (AvgIpc) is 2.58. The van der Waals surface area contributed by atoms with Crippen LogP contribution in [-0.4, -0.2) is 45.5 Å². The van der Waals surface area contributed by atoms with E-state index in [2.05, 4.69) is 4.90 Å². The number of carbonyl (C=O) groups excluding carboxylic acids is 1. The molecule has 0 aliphatic rings. The zero-order valence-electron chi connectivity index (χ0n) is 13.9. The fourth-order valence-corrected chi connectivity index (χ4v) is 2.31. The van der Waals surface area contributed by atoms with Gasteiger partial charge >= 0.3 is 0 Å². The first-order valence-electron chi connectivity index (χ1n) is 7.65. The molecule has 0 spiro atoms. The van der Waals surface area contributed by atoms with Gasteiger partial charge in [0, 0.05) is 17.7 Å². The highest BCUT2D eigenvalue weighted by Crippen LogP contribution is 2.32. The Morgan fingerprint density at radius 2 is 1.83 bits per heavy atom. The number of benzene rings is 2. The maximum atomic E-state index is 11.1. The molecule has 2 aromatic rings. The molecule has 0 atom stereocenters. The van der Waals surface area contributed by atoms with Crippen molar-refractivity contribution in [2.45, 2.75) is 6.42 Å². The zero-order valence-corrected chi connectivity index (χ0v) is 13.9. The molecule has 23 heavy (non-hydrogen) atoms. The van der Waals surface area contributed by atoms with Gasteiger partial charge in [0.2, 0.25) is 0 Å². The molecule has 0 N–H and O–H groups in total. The van der Waals surface area contributed by atoms with Crippen molar-refractivity contribution >= 4 is 6.29 Å². The van der Waals surface area contributed by atoms with Gasteiger partial charge < -0.3 is 14.4 Å². The van der Waals surface area contributed by atoms with Crippen LogP contribution < -0.4 is 9.47 Å². The lowest BCUT2D eigenvalue weighted by molar-refractivity contribution is 0.112. The van der Waals surface area contributed by atoms with E-state index in [1.54, 1.807) is 13.2 Å². The summed E-state index contributed by atoms with van der Waals surface area (Å²) >= 11 is 0. The van der Waals surface area contributed by atoms with E-state index < -0.39 is 0 Å². The highest BCUT2D eigenvalue weighted by molar-refractivity contribution is 5.81. The van der Waals surface area contributed by atoms with Crippen molar-refractivity contribution < 1.29 is 14.3 Å². The first kappa shape index (κ1) is 17.0. The van der Waals surface area contributed by atoms with Crippen LogP contribution in [0.5, 0.6) is 11.5 Å². The van der Waals surface area contributed by atoms with Gasteiger partial charge in [-0.25, -0.2) is 0 Å². The molecule has 0 aliphatic heterocycles. The number of nitrogens with zero attached hydrogens (tertiary/aromatic N) is 1. The van der Waals surface area contributed by atoms with Crippen LogP contribution in [0.25, 0.3) is 11.1 Å². The molecule has 2 rings (SSSR count). The summed E-state index contributed by atoms with van der Waals surface area (Å²) < 4.78 is 11.1. The maximum Gasteiger partial charge on any atom is 0.150 e. The number of ether oxygens (including phenoxy) is 2. The fourth-order valence-electron chi connectivity index (χ4n) is 2.31. The van der Waals surface area contributed by atoms with E-state index in [1.807, 2.05) is 50.5 Å². The Labute approximate surface area is 137 Å². The third kappa shape index (κ3) is 4.83. The van der Waals surface area contributed by atoms with E-state index in [1.165, 1.54) is 0 Å². The third-order valence-corrected chi connectivity index (χ3v) is 3.55. The van der Waals surface area contributed by atoms with Crippen molar-refractivity contribution in [2.75, 3.05) is 34.4 Å². The molecule has 122 valence electrons. The van der Waals surface area contributed by atoms with Gasteiger partial charge in [-0.3, -0.25) is 4.79 Å². The molecular weight excluding hydrogens is 290 g/mol. The lowest BCUT2D eigenvalue weighted by Gasteiger charge is -2.14. The van der Waals surface area contributed by atoms with Crippen LogP contribution >= 0.6 is 0 Å². The molecule has 0 unspecified atom stereocenters. The second-order valence-corrected chi connectivity index (χ2v) is 5.61. The standard InChI is InChI=1S/C19H23NO3/c1-20(2)11-4-12-23-19-10-5-15(14-21)13-18(19)16-6-8-17(22-3)9-7-16/h5-10,13-14H,4,11-12H2,1-3H3. The molecule has 4 nitrogen and oxygen atoms in total. The van der Waals surface area contributed by atoms with Gasteiger partial charge in [0.25, 0.3) is 0 Å². The molecule has 4 heteroatoms. The third-order valence-electron chi connectivity index (χ3n) is 3.55. The van der Waals surface area contributed by atoms with Crippen LogP contribution in [0.4, 0.5) is 0 Å². The summed E-state index contributed by atoms with van der Waals surface area (Å²) in [5, 5.41) is 0. The number of rotatable bonds is 8. The Hall–Kier alpha value is -2.33. The minimum atomic E-state index is 0.636. The fraction of sp³-hybridized carbons (Fsp3) is 0.316. The number of hydrogen-bond acceptors (Lipinski definition) is 4. The predicted octanol–water partition coefficient (Wildman–Crippen LogP) is 3.51. The molecule has 0 aromatic heterocycles. The monoisotopic (exact) mass is 313 g/mol. The largest absolute Gasteiger partial charge is 0.497 e. The molecule has 0 fully saturated rings. The summed E-state index contributed by atoms with van der Waals surface area (Å²) in [5.41, 5.74) is 2.55. The molecule has 0 bridgehead atoms. The van der Waals surface area contributed by atoms with Crippen LogP contribution in [0.3, 0.4) is 0 Å². The molecule has 0 saturated heterocycles. The smallest absolute Gasteiger partial charge is 0.150 e. The molecule has 0 amide bonds. The SMILES string of the molecule is COc1ccc(-c2cc(C=O)ccc2OCCCN(C)C)cc1. The van der Waals surface area contributed by atoms with Crippen molar-refractivity contribution in [3.8, 4) is 22.6 Å². The van der Waals surface area contributed by atoms with Gasteiger partial charge in [-0.1, -0.05) is 12.1 Å². The van der Waals surface area contributed by atoms with E-state index in [-0.39, 0.29) is 0 Å². The Morgan fingerprint density at radius 1 is 1.09 bits per heavy atom. The van der Waals surface area contributed by atoms with E-state index in [4.69, 9.17) is 9.47 Å². The number of aldehydes is 1. The lowest BCUT2D eigenvalue weighted by Crippen LogP contribution is -2.15. The van der Waals surface area contributed by atoms with E-state index in [0.29, 0.717) is 12.2 Å². The van der Waals surface area contributed by atoms with Gasteiger partial charge in [-0.2, -0.15) is 0 Å². The van der Waals surface area contributed by atoms with Crippen molar-refractivity contribution in [1.29, 1.82) is 0 Å². The Balaban J connectivity index is 2.21. The Kier molecular flexibility index (Phi) is 6.18. The summed E-state index contributed by atoms with van der Waals surface area (Å²) in [7, 11) is 5.73. The highest BCUT2D eigenvalue weighted by Gasteiger charge is 2.08. The average molecular weight is 313 g/mol. The molecule has 0 aliphatic carbocycles. The lowest BCUT2D eigenvalue weighted by atomic mass is 10.0. The van der Waals surface area contributed by atoms with E-state index in [0.717, 1.165) is 41.9 Å². The topological polar surface area (TPSA) is 38.8 Å². The predicted molar refractivity (Wildman–Crippen MR) is 92.5 cm³/mol. The molecule has 2 aromatic carbocycles. The summed E-state index contributed by atoms with van der Waals surface area (Å²) in [4.78, 5) is 13.2. The van der Waals surface area contributed by atoms with Gasteiger partial charge in [0.1, 0.15) is 17.8 Å². The van der Waals surface area contributed by atoms with Crippen molar-refractivity contribution in [3.63, 3.8) is 0 Å². The van der Waals surface area contributed by atoms with Crippen molar-refractivity contribution in [2.24, 2.45) is 0 Å². The van der Waals surface area contributed by atoms with Crippen LogP contribution in [0.1, 0.15) is 16.8 Å². The number of hydrogen-bond donors (Lipinski definition) is 0.